The first kappa shape index (κ1) is 41.0. The minimum absolute atomic E-state index is 0.0798. The lowest BCUT2D eigenvalue weighted by Gasteiger charge is -2.26. The fraction of sp³-hybridized carbons (Fsp3) is 0.568. The van der Waals surface area contributed by atoms with Gasteiger partial charge in [-0.2, -0.15) is 0 Å². The zero-order valence-corrected chi connectivity index (χ0v) is 29.1. The number of anilines is 1. The highest BCUT2D eigenvalue weighted by Crippen LogP contribution is 2.25. The number of ether oxygens (including phenoxy) is 8. The maximum absolute atomic E-state index is 13.3. The maximum Gasteiger partial charge on any atom is 0.229 e. The number of fused-ring (bicyclic) bond motifs is 2. The van der Waals surface area contributed by atoms with Crippen molar-refractivity contribution in [3.05, 3.63) is 65.2 Å². The Morgan fingerprint density at radius 1 is 0.580 bits per heavy atom. The van der Waals surface area contributed by atoms with E-state index in [1.807, 2.05) is 48.5 Å². The average molecular weight is 700 g/mol. The summed E-state index contributed by atoms with van der Waals surface area (Å²) in [5.41, 5.74) is 8.81. The molecule has 1 aliphatic heterocycles. The van der Waals surface area contributed by atoms with Crippen molar-refractivity contribution in [2.24, 2.45) is 5.73 Å². The number of carbonyl (C=O) groups excluding carboxylic acids is 2. The van der Waals surface area contributed by atoms with Gasteiger partial charge in [0.1, 0.15) is 0 Å². The Morgan fingerprint density at radius 2 is 1.02 bits per heavy atom. The molecule has 1 heterocycles. The Balaban J connectivity index is 1.08. The lowest BCUT2D eigenvalue weighted by molar-refractivity contribution is -0.122. The number of benzene rings is 2. The van der Waals surface area contributed by atoms with Crippen LogP contribution in [0.2, 0.25) is 0 Å². The SMILES string of the molecule is NCCOCCOCCOCCOCCOCCOCCOCCOCCC(=O)NCCC(=O)N1Cc2ccccc2C#Cc2ccccc21. The van der Waals surface area contributed by atoms with E-state index < -0.39 is 0 Å². The van der Waals surface area contributed by atoms with Crippen molar-refractivity contribution in [2.45, 2.75) is 19.4 Å². The molecule has 13 nitrogen and oxygen atoms in total. The first-order chi connectivity index (χ1) is 24.7. The summed E-state index contributed by atoms with van der Waals surface area (Å²) in [6.45, 7) is 8.68. The average Bonchev–Trinajstić information content (AvgIpc) is 3.12. The van der Waals surface area contributed by atoms with Crippen LogP contribution >= 0.6 is 0 Å². The van der Waals surface area contributed by atoms with Crippen molar-refractivity contribution in [1.82, 2.24) is 5.32 Å². The van der Waals surface area contributed by atoms with Gasteiger partial charge in [-0.1, -0.05) is 42.2 Å². The first-order valence-electron chi connectivity index (χ1n) is 17.3. The molecule has 0 bridgehead atoms. The number of amides is 2. The summed E-state index contributed by atoms with van der Waals surface area (Å²) >= 11 is 0. The Bertz CT molecular complexity index is 1290. The van der Waals surface area contributed by atoms with Gasteiger partial charge in [0.15, 0.2) is 0 Å². The smallest absolute Gasteiger partial charge is 0.229 e. The first-order valence-corrected chi connectivity index (χ1v) is 17.3. The van der Waals surface area contributed by atoms with E-state index in [2.05, 4.69) is 17.2 Å². The fourth-order valence-corrected chi connectivity index (χ4v) is 4.63. The molecule has 3 N–H and O–H groups in total. The quantitative estimate of drug-likeness (QED) is 0.0948. The van der Waals surface area contributed by atoms with E-state index in [-0.39, 0.29) is 37.8 Å². The molecule has 2 aromatic rings. The lowest BCUT2D eigenvalue weighted by atomic mass is 10.0. The van der Waals surface area contributed by atoms with E-state index in [1.54, 1.807) is 4.90 Å². The summed E-state index contributed by atoms with van der Waals surface area (Å²) in [6, 6.07) is 15.5. The van der Waals surface area contributed by atoms with Crippen molar-refractivity contribution in [1.29, 1.82) is 0 Å². The Kier molecular flexibility index (Phi) is 22.4. The highest BCUT2D eigenvalue weighted by molar-refractivity contribution is 5.95. The molecular weight excluding hydrogens is 646 g/mol. The van der Waals surface area contributed by atoms with Crippen LogP contribution in [0.1, 0.15) is 29.5 Å². The maximum atomic E-state index is 13.3. The van der Waals surface area contributed by atoms with E-state index in [4.69, 9.17) is 43.6 Å². The number of rotatable bonds is 29. The second-order valence-electron chi connectivity index (χ2n) is 10.9. The Hall–Kier alpha value is -3.42. The second-order valence-corrected chi connectivity index (χ2v) is 10.9. The van der Waals surface area contributed by atoms with Crippen LogP contribution in [0.3, 0.4) is 0 Å². The molecule has 0 aliphatic carbocycles. The molecule has 0 unspecified atom stereocenters. The van der Waals surface area contributed by atoms with Crippen LogP contribution in [0.25, 0.3) is 0 Å². The van der Waals surface area contributed by atoms with Gasteiger partial charge >= 0.3 is 0 Å². The zero-order chi connectivity index (χ0) is 35.3. The van der Waals surface area contributed by atoms with Crippen molar-refractivity contribution >= 4 is 17.5 Å². The molecule has 0 aromatic heterocycles. The minimum Gasteiger partial charge on any atom is -0.379 e. The topological polar surface area (TPSA) is 149 Å². The third-order valence-electron chi connectivity index (χ3n) is 7.17. The number of nitrogens with one attached hydrogen (secondary N) is 1. The molecule has 3 rings (SSSR count). The largest absolute Gasteiger partial charge is 0.379 e. The standard InChI is InChI=1S/C37H53N3O10/c38-13-16-44-18-20-46-22-24-48-26-28-50-30-29-49-27-25-47-23-21-45-19-17-43-15-12-36(41)39-14-11-37(42)40-31-34-7-2-1-5-32(34)9-10-33-6-3-4-8-35(33)40/h1-8H,11-31,38H2,(H,39,41). The molecule has 50 heavy (non-hydrogen) atoms. The Morgan fingerprint density at radius 3 is 1.56 bits per heavy atom. The molecule has 0 atom stereocenters. The van der Waals surface area contributed by atoms with E-state index in [0.29, 0.717) is 112 Å². The van der Waals surface area contributed by atoms with Gasteiger partial charge in [-0.05, 0) is 23.8 Å². The number of hydrogen-bond acceptors (Lipinski definition) is 11. The predicted octanol–water partition coefficient (Wildman–Crippen LogP) is 1.92. The summed E-state index contributed by atoms with van der Waals surface area (Å²) in [4.78, 5) is 27.3. The third kappa shape index (κ3) is 18.0. The van der Waals surface area contributed by atoms with Crippen LogP contribution < -0.4 is 16.0 Å². The van der Waals surface area contributed by atoms with Crippen LogP contribution in [0.4, 0.5) is 5.69 Å². The number of para-hydroxylation sites is 1. The summed E-state index contributed by atoms with van der Waals surface area (Å²) in [5, 5.41) is 2.82. The highest BCUT2D eigenvalue weighted by Gasteiger charge is 2.21. The molecule has 0 spiro atoms. The molecule has 13 heteroatoms. The monoisotopic (exact) mass is 699 g/mol. The molecule has 0 saturated carbocycles. The number of carbonyl (C=O) groups is 2. The summed E-state index contributed by atoms with van der Waals surface area (Å²) in [6.07, 6.45) is 0.377. The van der Waals surface area contributed by atoms with Crippen LogP contribution in [0, 0.1) is 11.8 Å². The van der Waals surface area contributed by atoms with Gasteiger partial charge < -0.3 is 53.8 Å². The molecule has 2 amide bonds. The fourth-order valence-electron chi connectivity index (χ4n) is 4.63. The van der Waals surface area contributed by atoms with E-state index in [1.165, 1.54) is 0 Å². The predicted molar refractivity (Wildman–Crippen MR) is 188 cm³/mol. The van der Waals surface area contributed by atoms with Gasteiger partial charge in [-0.15, -0.1) is 0 Å². The lowest BCUT2D eigenvalue weighted by Crippen LogP contribution is -2.35. The summed E-state index contributed by atoms with van der Waals surface area (Å²) < 4.78 is 43.4. The second kappa shape index (κ2) is 27.3. The molecule has 1 aliphatic rings. The molecule has 276 valence electrons. The zero-order valence-electron chi connectivity index (χ0n) is 29.1. The Labute approximate surface area is 295 Å². The molecule has 0 fully saturated rings. The van der Waals surface area contributed by atoms with E-state index in [9.17, 15) is 9.59 Å². The van der Waals surface area contributed by atoms with Gasteiger partial charge in [-0.25, -0.2) is 0 Å². The summed E-state index contributed by atoms with van der Waals surface area (Å²) in [7, 11) is 0. The van der Waals surface area contributed by atoms with Gasteiger partial charge in [0.25, 0.3) is 0 Å². The van der Waals surface area contributed by atoms with Crippen LogP contribution in [0.15, 0.2) is 48.5 Å². The molecule has 0 radical (unpaired) electrons. The van der Waals surface area contributed by atoms with Crippen LogP contribution in [0.5, 0.6) is 0 Å². The number of hydrogen-bond donors (Lipinski definition) is 2. The number of nitrogens with two attached hydrogens (primary N) is 1. The van der Waals surface area contributed by atoms with Gasteiger partial charge in [0.2, 0.25) is 11.8 Å². The van der Waals surface area contributed by atoms with Gasteiger partial charge in [0.05, 0.1) is 118 Å². The highest BCUT2D eigenvalue weighted by atomic mass is 16.6. The van der Waals surface area contributed by atoms with E-state index in [0.717, 1.165) is 22.4 Å². The van der Waals surface area contributed by atoms with E-state index >= 15 is 0 Å². The van der Waals surface area contributed by atoms with Crippen molar-refractivity contribution in [3.8, 4) is 11.8 Å². The van der Waals surface area contributed by atoms with Gasteiger partial charge in [-0.3, -0.25) is 9.59 Å². The minimum atomic E-state index is -0.169. The van der Waals surface area contributed by atoms with Crippen LogP contribution in [-0.2, 0) is 54.0 Å². The van der Waals surface area contributed by atoms with Crippen molar-refractivity contribution in [3.63, 3.8) is 0 Å². The van der Waals surface area contributed by atoms with Crippen molar-refractivity contribution in [2.75, 3.05) is 124 Å². The van der Waals surface area contributed by atoms with Crippen molar-refractivity contribution < 1.29 is 47.5 Å². The third-order valence-corrected chi connectivity index (χ3v) is 7.17. The molecule has 0 saturated heterocycles. The number of nitrogens with zero attached hydrogens (tertiary/aromatic N) is 1. The van der Waals surface area contributed by atoms with Crippen LogP contribution in [-0.4, -0.2) is 131 Å². The normalized spacial score (nSPS) is 12.0. The molecule has 2 aromatic carbocycles. The van der Waals surface area contributed by atoms with Gasteiger partial charge in [0, 0.05) is 37.1 Å². The molecular formula is C37H53N3O10. The summed E-state index contributed by atoms with van der Waals surface area (Å²) in [5.74, 6) is 6.16.